The highest BCUT2D eigenvalue weighted by molar-refractivity contribution is 4.92. The molecule has 0 bridgehead atoms. The van der Waals surface area contributed by atoms with Gasteiger partial charge in [0.15, 0.2) is 0 Å². The molecular formula is C14H26N2O. The van der Waals surface area contributed by atoms with E-state index in [1.54, 1.807) is 0 Å². The summed E-state index contributed by atoms with van der Waals surface area (Å²) in [5.74, 6) is 0.525. The fourth-order valence-corrected chi connectivity index (χ4v) is 4.15. The average molecular weight is 238 g/mol. The van der Waals surface area contributed by atoms with Crippen molar-refractivity contribution in [2.75, 3.05) is 19.7 Å². The van der Waals surface area contributed by atoms with Crippen LogP contribution in [-0.4, -0.2) is 47.8 Å². The molecule has 98 valence electrons. The molecule has 2 heterocycles. The third-order valence-corrected chi connectivity index (χ3v) is 5.16. The molecular weight excluding hydrogens is 212 g/mol. The summed E-state index contributed by atoms with van der Waals surface area (Å²) >= 11 is 0. The molecule has 3 nitrogen and oxygen atoms in total. The van der Waals surface area contributed by atoms with Crippen molar-refractivity contribution in [2.24, 2.45) is 5.92 Å². The molecule has 17 heavy (non-hydrogen) atoms. The van der Waals surface area contributed by atoms with E-state index in [1.807, 2.05) is 0 Å². The first kappa shape index (κ1) is 11.9. The number of hydrogen-bond acceptors (Lipinski definition) is 3. The molecule has 3 fully saturated rings. The summed E-state index contributed by atoms with van der Waals surface area (Å²) < 4.78 is 0. The minimum Gasteiger partial charge on any atom is -0.396 e. The van der Waals surface area contributed by atoms with E-state index in [1.165, 1.54) is 58.0 Å². The highest BCUT2D eigenvalue weighted by atomic mass is 16.3. The van der Waals surface area contributed by atoms with E-state index in [0.717, 1.165) is 6.04 Å². The molecule has 3 rings (SSSR count). The van der Waals surface area contributed by atoms with Crippen molar-refractivity contribution in [3.8, 4) is 0 Å². The summed E-state index contributed by atoms with van der Waals surface area (Å²) in [4.78, 5) is 2.68. The van der Waals surface area contributed by atoms with Gasteiger partial charge in [-0.1, -0.05) is 6.42 Å². The van der Waals surface area contributed by atoms with E-state index in [-0.39, 0.29) is 0 Å². The first-order valence-corrected chi connectivity index (χ1v) is 7.48. The topological polar surface area (TPSA) is 35.5 Å². The van der Waals surface area contributed by atoms with Crippen LogP contribution in [0.15, 0.2) is 0 Å². The maximum atomic E-state index is 9.37. The standard InChI is InChI=1S/C14H26N2O/c17-10-11-3-1-5-14(11)15-12-6-8-16-7-2-4-13(16)9-12/h11-15,17H,1-10H2. The van der Waals surface area contributed by atoms with Crippen molar-refractivity contribution in [3.05, 3.63) is 0 Å². The normalized spacial score (nSPS) is 42.9. The molecule has 4 unspecified atom stereocenters. The van der Waals surface area contributed by atoms with Gasteiger partial charge in [0.05, 0.1) is 0 Å². The van der Waals surface area contributed by atoms with Gasteiger partial charge in [-0.25, -0.2) is 0 Å². The lowest BCUT2D eigenvalue weighted by atomic mass is 9.95. The Morgan fingerprint density at radius 2 is 2.00 bits per heavy atom. The quantitative estimate of drug-likeness (QED) is 0.779. The molecule has 3 heteroatoms. The second-order valence-corrected chi connectivity index (χ2v) is 6.20. The van der Waals surface area contributed by atoms with Crippen LogP contribution in [0.3, 0.4) is 0 Å². The predicted octanol–water partition coefficient (Wildman–Crippen LogP) is 1.36. The number of aliphatic hydroxyl groups is 1. The Morgan fingerprint density at radius 1 is 1.06 bits per heavy atom. The molecule has 1 aliphatic carbocycles. The summed E-state index contributed by atoms with van der Waals surface area (Å²) in [6.07, 6.45) is 9.25. The number of hydrogen-bond donors (Lipinski definition) is 2. The van der Waals surface area contributed by atoms with Crippen LogP contribution in [0.1, 0.15) is 44.9 Å². The Hall–Kier alpha value is -0.120. The minimum absolute atomic E-state index is 0.375. The van der Waals surface area contributed by atoms with E-state index in [0.29, 0.717) is 24.6 Å². The average Bonchev–Trinajstić information content (AvgIpc) is 2.96. The predicted molar refractivity (Wildman–Crippen MR) is 69.0 cm³/mol. The van der Waals surface area contributed by atoms with Crippen molar-refractivity contribution in [3.63, 3.8) is 0 Å². The largest absolute Gasteiger partial charge is 0.396 e. The second kappa shape index (κ2) is 5.25. The lowest BCUT2D eigenvalue weighted by Gasteiger charge is -2.37. The highest BCUT2D eigenvalue weighted by Crippen LogP contribution is 2.30. The van der Waals surface area contributed by atoms with Crippen LogP contribution in [0.4, 0.5) is 0 Å². The van der Waals surface area contributed by atoms with Gasteiger partial charge < -0.3 is 15.3 Å². The fraction of sp³-hybridized carbons (Fsp3) is 1.00. The highest BCUT2D eigenvalue weighted by Gasteiger charge is 2.34. The Balaban J connectivity index is 1.52. The van der Waals surface area contributed by atoms with E-state index in [4.69, 9.17) is 0 Å². The lowest BCUT2D eigenvalue weighted by molar-refractivity contribution is 0.145. The maximum absolute atomic E-state index is 9.37. The van der Waals surface area contributed by atoms with Gasteiger partial charge in [0, 0.05) is 24.7 Å². The van der Waals surface area contributed by atoms with Crippen molar-refractivity contribution in [2.45, 2.75) is 63.1 Å². The van der Waals surface area contributed by atoms with Crippen molar-refractivity contribution < 1.29 is 5.11 Å². The van der Waals surface area contributed by atoms with Crippen LogP contribution in [-0.2, 0) is 0 Å². The van der Waals surface area contributed by atoms with Crippen LogP contribution >= 0.6 is 0 Å². The molecule has 0 radical (unpaired) electrons. The summed E-state index contributed by atoms with van der Waals surface area (Å²) in [5, 5.41) is 13.2. The summed E-state index contributed by atoms with van der Waals surface area (Å²) in [6.45, 7) is 3.00. The van der Waals surface area contributed by atoms with Crippen molar-refractivity contribution in [1.82, 2.24) is 10.2 Å². The van der Waals surface area contributed by atoms with Crippen LogP contribution in [0.2, 0.25) is 0 Å². The Bertz CT molecular complexity index is 259. The number of piperidine rings is 1. The van der Waals surface area contributed by atoms with Gasteiger partial charge in [-0.15, -0.1) is 0 Å². The van der Waals surface area contributed by atoms with Crippen molar-refractivity contribution >= 4 is 0 Å². The van der Waals surface area contributed by atoms with E-state index in [9.17, 15) is 5.11 Å². The lowest BCUT2D eigenvalue weighted by Crippen LogP contribution is -2.49. The van der Waals surface area contributed by atoms with Gasteiger partial charge in [-0.2, -0.15) is 0 Å². The molecule has 3 aliphatic rings. The number of nitrogens with one attached hydrogen (secondary N) is 1. The van der Waals surface area contributed by atoms with Gasteiger partial charge in [-0.05, 0) is 57.5 Å². The zero-order chi connectivity index (χ0) is 11.7. The molecule has 2 aliphatic heterocycles. The molecule has 0 aromatic carbocycles. The third-order valence-electron chi connectivity index (χ3n) is 5.16. The monoisotopic (exact) mass is 238 g/mol. The van der Waals surface area contributed by atoms with E-state index < -0.39 is 0 Å². The molecule has 0 aromatic heterocycles. The van der Waals surface area contributed by atoms with Gasteiger partial charge in [-0.3, -0.25) is 0 Å². The number of aliphatic hydroxyl groups excluding tert-OH is 1. The second-order valence-electron chi connectivity index (χ2n) is 6.20. The molecule has 4 atom stereocenters. The summed E-state index contributed by atoms with van der Waals surface area (Å²) in [7, 11) is 0. The summed E-state index contributed by atoms with van der Waals surface area (Å²) in [6, 6.07) is 2.17. The summed E-state index contributed by atoms with van der Waals surface area (Å²) in [5.41, 5.74) is 0. The smallest absolute Gasteiger partial charge is 0.0474 e. The van der Waals surface area contributed by atoms with Crippen LogP contribution in [0, 0.1) is 5.92 Å². The SMILES string of the molecule is OCC1CCCC1NC1CCN2CCCC2C1. The third kappa shape index (κ3) is 2.51. The van der Waals surface area contributed by atoms with Crippen LogP contribution < -0.4 is 5.32 Å². The molecule has 2 saturated heterocycles. The molecule has 0 amide bonds. The van der Waals surface area contributed by atoms with Crippen LogP contribution in [0.25, 0.3) is 0 Å². The zero-order valence-electron chi connectivity index (χ0n) is 10.8. The van der Waals surface area contributed by atoms with E-state index in [2.05, 4.69) is 10.2 Å². The Kier molecular flexibility index (Phi) is 3.69. The molecule has 2 N–H and O–H groups in total. The maximum Gasteiger partial charge on any atom is 0.0474 e. The number of fused-ring (bicyclic) bond motifs is 1. The van der Waals surface area contributed by atoms with Gasteiger partial charge in [0.25, 0.3) is 0 Å². The minimum atomic E-state index is 0.375. The first-order valence-electron chi connectivity index (χ1n) is 7.48. The number of nitrogens with zero attached hydrogens (tertiary/aromatic N) is 1. The number of rotatable bonds is 3. The first-order chi connectivity index (χ1) is 8.36. The van der Waals surface area contributed by atoms with Crippen molar-refractivity contribution in [1.29, 1.82) is 0 Å². The van der Waals surface area contributed by atoms with Gasteiger partial charge in [0.1, 0.15) is 0 Å². The Morgan fingerprint density at radius 3 is 2.88 bits per heavy atom. The van der Waals surface area contributed by atoms with Gasteiger partial charge >= 0.3 is 0 Å². The molecule has 1 saturated carbocycles. The van der Waals surface area contributed by atoms with Gasteiger partial charge in [0.2, 0.25) is 0 Å². The van der Waals surface area contributed by atoms with E-state index >= 15 is 0 Å². The zero-order valence-corrected chi connectivity index (χ0v) is 10.8. The Labute approximate surface area is 105 Å². The molecule has 0 spiro atoms. The fourth-order valence-electron chi connectivity index (χ4n) is 4.15. The van der Waals surface area contributed by atoms with Crippen LogP contribution in [0.5, 0.6) is 0 Å². The molecule has 0 aromatic rings.